The molecule has 50 valence electrons. The van der Waals surface area contributed by atoms with Crippen molar-refractivity contribution in [3.63, 3.8) is 0 Å². The molecule has 0 N–H and O–H groups in total. The van der Waals surface area contributed by atoms with E-state index in [0.29, 0.717) is 0 Å². The molecule has 0 saturated heterocycles. The van der Waals surface area contributed by atoms with Crippen LogP contribution in [0.1, 0.15) is 20.3 Å². The van der Waals surface area contributed by atoms with Crippen LogP contribution in [-0.2, 0) is 14.3 Å². The van der Waals surface area contributed by atoms with Crippen molar-refractivity contribution in [3.8, 4) is 0 Å². The van der Waals surface area contributed by atoms with E-state index in [4.69, 9.17) is 0 Å². The van der Waals surface area contributed by atoms with Gasteiger partial charge in [-0.2, -0.15) is 0 Å². The summed E-state index contributed by atoms with van der Waals surface area (Å²) in [5, 5.41) is 0. The molecule has 0 aliphatic carbocycles. The first-order chi connectivity index (χ1) is 3.66. The molecule has 0 atom stereocenters. The Morgan fingerprint density at radius 1 is 1.44 bits per heavy atom. The van der Waals surface area contributed by atoms with E-state index in [1.54, 1.807) is 6.92 Å². The molecule has 0 aliphatic heterocycles. The number of hydrogen-bond acceptors (Lipinski definition) is 3. The number of esters is 2. The minimum absolute atomic E-state index is 0. The predicted octanol–water partition coefficient (Wildman–Crippen LogP) is -0.430. The zero-order chi connectivity index (χ0) is 6.57. The number of carbonyl (C=O) groups is 2. The second kappa shape index (κ2) is 6.74. The third kappa shape index (κ3) is 8.62. The molecule has 0 bridgehead atoms. The molecule has 3 nitrogen and oxygen atoms in total. The predicted molar refractivity (Wildman–Crippen MR) is 35.6 cm³/mol. The first-order valence-electron chi connectivity index (χ1n) is 2.38. The number of carbonyl (C=O) groups excluding carboxylic acids is 2. The number of ether oxygens (including phenoxy) is 1. The topological polar surface area (TPSA) is 43.4 Å². The molecule has 0 unspecified atom stereocenters. The SMILES string of the molecule is CCC(=O)OC(C)=O.[SrH2]. The average molecular weight is 206 g/mol. The second-order valence-corrected chi connectivity index (χ2v) is 1.32. The molecule has 9 heavy (non-hydrogen) atoms. The van der Waals surface area contributed by atoms with Crippen LogP contribution in [0, 0.1) is 0 Å². The Morgan fingerprint density at radius 2 is 1.89 bits per heavy atom. The fraction of sp³-hybridized carbons (Fsp3) is 0.600. The van der Waals surface area contributed by atoms with Crippen LogP contribution in [0.5, 0.6) is 0 Å². The number of rotatable bonds is 1. The van der Waals surface area contributed by atoms with E-state index in [9.17, 15) is 9.59 Å². The average Bonchev–Trinajstić information content (AvgIpc) is 1.65. The Morgan fingerprint density at radius 3 is 2.00 bits per heavy atom. The summed E-state index contributed by atoms with van der Waals surface area (Å²) >= 11 is 0. The molecule has 0 aromatic rings. The molecule has 0 spiro atoms. The van der Waals surface area contributed by atoms with Crippen LogP contribution in [-0.4, -0.2) is 57.4 Å². The van der Waals surface area contributed by atoms with Crippen molar-refractivity contribution < 1.29 is 14.3 Å². The van der Waals surface area contributed by atoms with E-state index in [1.807, 2.05) is 0 Å². The zero-order valence-corrected chi connectivity index (χ0v) is 4.93. The van der Waals surface area contributed by atoms with Crippen molar-refractivity contribution in [2.24, 2.45) is 0 Å². The first kappa shape index (κ1) is 12.3. The summed E-state index contributed by atoms with van der Waals surface area (Å²) in [6.07, 6.45) is 0.250. The summed E-state index contributed by atoms with van der Waals surface area (Å²) in [5.41, 5.74) is 0. The summed E-state index contributed by atoms with van der Waals surface area (Å²) in [7, 11) is 0. The molecule has 0 saturated carbocycles. The Balaban J connectivity index is 0. The normalized spacial score (nSPS) is 7.33. The van der Waals surface area contributed by atoms with E-state index in [0.717, 1.165) is 0 Å². The standard InChI is InChI=1S/C5H8O3.Sr.2H/c1-3-5(7)8-4(2)6;;;/h3H2,1-2H3;;;. The fourth-order valence-corrected chi connectivity index (χ4v) is 0.232. The monoisotopic (exact) mass is 206 g/mol. The molecular weight excluding hydrogens is 196 g/mol. The van der Waals surface area contributed by atoms with Gasteiger partial charge in [-0.3, -0.25) is 9.59 Å². The van der Waals surface area contributed by atoms with Gasteiger partial charge in [0.05, 0.1) is 0 Å². The van der Waals surface area contributed by atoms with Crippen LogP contribution < -0.4 is 0 Å². The van der Waals surface area contributed by atoms with Gasteiger partial charge >= 0.3 is 57.4 Å². The van der Waals surface area contributed by atoms with Crippen LogP contribution >= 0.6 is 0 Å². The van der Waals surface area contributed by atoms with Crippen LogP contribution in [0.25, 0.3) is 0 Å². The van der Waals surface area contributed by atoms with Gasteiger partial charge in [0, 0.05) is 13.3 Å². The molecular formula is C5H10O3Sr. The molecule has 0 aromatic heterocycles. The van der Waals surface area contributed by atoms with Crippen molar-refractivity contribution in [3.05, 3.63) is 0 Å². The summed E-state index contributed by atoms with van der Waals surface area (Å²) in [6, 6.07) is 0. The molecule has 0 aliphatic rings. The Hall–Kier alpha value is 0.621. The van der Waals surface area contributed by atoms with Crippen molar-refractivity contribution >= 4 is 57.4 Å². The molecule has 0 amide bonds. The van der Waals surface area contributed by atoms with E-state index in [-0.39, 0.29) is 51.9 Å². The minimum atomic E-state index is -0.545. The van der Waals surface area contributed by atoms with Gasteiger partial charge in [0.1, 0.15) is 0 Å². The van der Waals surface area contributed by atoms with Gasteiger partial charge < -0.3 is 4.74 Å². The van der Waals surface area contributed by atoms with E-state index < -0.39 is 11.9 Å². The van der Waals surface area contributed by atoms with E-state index in [1.165, 1.54) is 6.92 Å². The Kier molecular flexibility index (Phi) is 9.21. The van der Waals surface area contributed by atoms with E-state index >= 15 is 0 Å². The van der Waals surface area contributed by atoms with Crippen LogP contribution in [0.4, 0.5) is 0 Å². The molecule has 0 aromatic carbocycles. The summed E-state index contributed by atoms with van der Waals surface area (Å²) < 4.78 is 4.12. The van der Waals surface area contributed by atoms with Crippen molar-refractivity contribution in [2.75, 3.05) is 0 Å². The summed E-state index contributed by atoms with van der Waals surface area (Å²) in [4.78, 5) is 20.1. The van der Waals surface area contributed by atoms with Gasteiger partial charge in [0.2, 0.25) is 0 Å². The molecule has 4 heteroatoms. The van der Waals surface area contributed by atoms with Crippen LogP contribution in [0.3, 0.4) is 0 Å². The van der Waals surface area contributed by atoms with Crippen LogP contribution in [0.2, 0.25) is 0 Å². The third-order valence-corrected chi connectivity index (χ3v) is 0.546. The quantitative estimate of drug-likeness (QED) is 0.332. The zero-order valence-electron chi connectivity index (χ0n) is 4.93. The first-order valence-corrected chi connectivity index (χ1v) is 2.38. The van der Waals surface area contributed by atoms with Gasteiger partial charge in [-0.1, -0.05) is 6.92 Å². The molecule has 0 radical (unpaired) electrons. The van der Waals surface area contributed by atoms with Gasteiger partial charge in [0.25, 0.3) is 0 Å². The van der Waals surface area contributed by atoms with Gasteiger partial charge in [0.15, 0.2) is 0 Å². The summed E-state index contributed by atoms with van der Waals surface area (Å²) in [5.74, 6) is -1.02. The fourth-order valence-electron chi connectivity index (χ4n) is 0.232. The molecule has 0 rings (SSSR count). The Labute approximate surface area is 91.0 Å². The number of hydrogen-bond donors (Lipinski definition) is 0. The van der Waals surface area contributed by atoms with E-state index in [2.05, 4.69) is 4.74 Å². The second-order valence-electron chi connectivity index (χ2n) is 1.32. The van der Waals surface area contributed by atoms with Gasteiger partial charge in [-0.05, 0) is 0 Å². The van der Waals surface area contributed by atoms with Crippen molar-refractivity contribution in [1.29, 1.82) is 0 Å². The van der Waals surface area contributed by atoms with Crippen molar-refractivity contribution in [1.82, 2.24) is 0 Å². The third-order valence-electron chi connectivity index (χ3n) is 0.546. The maximum absolute atomic E-state index is 10.2. The van der Waals surface area contributed by atoms with Crippen molar-refractivity contribution in [2.45, 2.75) is 20.3 Å². The van der Waals surface area contributed by atoms with Gasteiger partial charge in [-0.15, -0.1) is 0 Å². The molecule has 0 heterocycles. The van der Waals surface area contributed by atoms with Crippen LogP contribution in [0.15, 0.2) is 0 Å². The van der Waals surface area contributed by atoms with Gasteiger partial charge in [-0.25, -0.2) is 0 Å². The molecule has 0 fully saturated rings. The summed E-state index contributed by atoms with van der Waals surface area (Å²) in [6.45, 7) is 2.83. The Bertz CT molecular complexity index is 111. The maximum atomic E-state index is 10.2.